The lowest BCUT2D eigenvalue weighted by Gasteiger charge is -2.31. The van der Waals surface area contributed by atoms with Crippen LogP contribution in [0.15, 0.2) is 46.2 Å². The largest absolute Gasteiger partial charge is 0.478 e. The maximum Gasteiger partial charge on any atom is 0.335 e. The molecule has 1 aliphatic carbocycles. The van der Waals surface area contributed by atoms with Crippen LogP contribution in [0.5, 0.6) is 0 Å². The Morgan fingerprint density at radius 3 is 2.28 bits per heavy atom. The van der Waals surface area contributed by atoms with Crippen molar-refractivity contribution in [2.24, 2.45) is 5.14 Å². The Morgan fingerprint density at radius 2 is 1.69 bits per heavy atom. The van der Waals surface area contributed by atoms with Crippen LogP contribution in [-0.2, 0) is 20.0 Å². The van der Waals surface area contributed by atoms with Gasteiger partial charge in [-0.3, -0.25) is 4.72 Å². The number of anilines is 2. The molecule has 2 aromatic rings. The zero-order valence-corrected chi connectivity index (χ0v) is 19.0. The molecule has 0 aromatic heterocycles. The molecule has 9 nitrogen and oxygen atoms in total. The number of hydrogen-bond acceptors (Lipinski definition) is 6. The Bertz CT molecular complexity index is 1260. The summed E-state index contributed by atoms with van der Waals surface area (Å²) < 4.78 is 53.2. The molecule has 1 heterocycles. The zero-order chi connectivity index (χ0) is 23.1. The summed E-state index contributed by atoms with van der Waals surface area (Å²) in [6.45, 7) is 1.43. The van der Waals surface area contributed by atoms with Crippen molar-refractivity contribution >= 4 is 37.4 Å². The Labute approximate surface area is 187 Å². The first-order valence-electron chi connectivity index (χ1n) is 10.4. The van der Waals surface area contributed by atoms with Crippen LogP contribution in [0, 0.1) is 0 Å². The number of piperidine rings is 1. The molecule has 2 fully saturated rings. The quantitative estimate of drug-likeness (QED) is 0.553. The Morgan fingerprint density at radius 1 is 1.00 bits per heavy atom. The minimum atomic E-state index is -4.20. The fourth-order valence-electron chi connectivity index (χ4n) is 4.02. The normalized spacial score (nSPS) is 17.2. The van der Waals surface area contributed by atoms with E-state index >= 15 is 0 Å². The standard InChI is InChI=1S/C21H25N3O6S2/c22-31(27,28)16-7-9-19(24-10-2-1-3-11-24)18(13-16)23-32(29,30)20-12-15(21(25)26)6-8-17(20)14-4-5-14/h6-9,12-14,23H,1-5,10-11H2,(H,25,26)(H2,22,27,28). The van der Waals surface area contributed by atoms with E-state index in [1.807, 2.05) is 4.90 Å². The zero-order valence-electron chi connectivity index (χ0n) is 17.3. The van der Waals surface area contributed by atoms with Gasteiger partial charge >= 0.3 is 5.97 Å². The molecular weight excluding hydrogens is 454 g/mol. The lowest BCUT2D eigenvalue weighted by Crippen LogP contribution is -2.30. The number of nitrogens with zero attached hydrogens (tertiary/aromatic N) is 1. The lowest BCUT2D eigenvalue weighted by atomic mass is 10.1. The van der Waals surface area contributed by atoms with Crippen molar-refractivity contribution in [2.45, 2.75) is 47.8 Å². The molecule has 1 saturated heterocycles. The molecule has 0 unspecified atom stereocenters. The maximum atomic E-state index is 13.4. The van der Waals surface area contributed by atoms with Crippen molar-refractivity contribution in [1.82, 2.24) is 0 Å². The highest BCUT2D eigenvalue weighted by Gasteiger charge is 2.32. The van der Waals surface area contributed by atoms with Gasteiger partial charge < -0.3 is 10.0 Å². The van der Waals surface area contributed by atoms with Crippen LogP contribution in [0.25, 0.3) is 0 Å². The smallest absolute Gasteiger partial charge is 0.335 e. The highest BCUT2D eigenvalue weighted by Crippen LogP contribution is 2.43. The summed E-state index contributed by atoms with van der Waals surface area (Å²) in [4.78, 5) is 13.1. The molecule has 4 N–H and O–H groups in total. The number of carboxylic acids is 1. The molecule has 32 heavy (non-hydrogen) atoms. The number of aromatic carboxylic acids is 1. The van der Waals surface area contributed by atoms with Gasteiger partial charge in [-0.15, -0.1) is 0 Å². The number of primary sulfonamides is 1. The summed E-state index contributed by atoms with van der Waals surface area (Å²) in [5.74, 6) is -1.17. The first-order valence-corrected chi connectivity index (χ1v) is 13.4. The molecular formula is C21H25N3O6S2. The number of carbonyl (C=O) groups is 1. The van der Waals surface area contributed by atoms with Crippen LogP contribution >= 0.6 is 0 Å². The lowest BCUT2D eigenvalue weighted by molar-refractivity contribution is 0.0696. The summed E-state index contributed by atoms with van der Waals surface area (Å²) >= 11 is 0. The summed E-state index contributed by atoms with van der Waals surface area (Å²) in [5, 5.41) is 14.6. The van der Waals surface area contributed by atoms with Gasteiger partial charge in [0.25, 0.3) is 10.0 Å². The molecule has 11 heteroatoms. The molecule has 0 radical (unpaired) electrons. The van der Waals surface area contributed by atoms with Crippen LogP contribution in [0.3, 0.4) is 0 Å². The third kappa shape index (κ3) is 4.74. The second-order valence-electron chi connectivity index (χ2n) is 8.21. The van der Waals surface area contributed by atoms with Crippen molar-refractivity contribution in [3.63, 3.8) is 0 Å². The van der Waals surface area contributed by atoms with E-state index in [2.05, 4.69) is 4.72 Å². The van der Waals surface area contributed by atoms with Gasteiger partial charge in [0.15, 0.2) is 0 Å². The maximum absolute atomic E-state index is 13.4. The first-order chi connectivity index (χ1) is 15.1. The van der Waals surface area contributed by atoms with Gasteiger partial charge in [-0.2, -0.15) is 0 Å². The van der Waals surface area contributed by atoms with Gasteiger partial charge in [-0.25, -0.2) is 26.8 Å². The van der Waals surface area contributed by atoms with Gasteiger partial charge in [0.2, 0.25) is 10.0 Å². The van der Waals surface area contributed by atoms with Crippen molar-refractivity contribution in [3.05, 3.63) is 47.5 Å². The van der Waals surface area contributed by atoms with Crippen LogP contribution in [0.4, 0.5) is 11.4 Å². The predicted molar refractivity (Wildman–Crippen MR) is 120 cm³/mol. The van der Waals surface area contributed by atoms with Crippen molar-refractivity contribution in [2.75, 3.05) is 22.7 Å². The number of nitrogens with one attached hydrogen (secondary N) is 1. The summed E-state index contributed by atoms with van der Waals surface area (Å²) in [6.07, 6.45) is 4.61. The Kier molecular flexibility index (Phi) is 5.91. The Balaban J connectivity index is 1.80. The number of sulfonamides is 2. The van der Waals surface area contributed by atoms with E-state index in [-0.39, 0.29) is 27.0 Å². The number of nitrogens with two attached hydrogens (primary N) is 1. The van der Waals surface area contributed by atoms with Crippen molar-refractivity contribution in [1.29, 1.82) is 0 Å². The number of benzene rings is 2. The first kappa shape index (κ1) is 22.6. The van der Waals surface area contributed by atoms with Gasteiger partial charge in [-0.1, -0.05) is 6.07 Å². The molecule has 1 saturated carbocycles. The second-order valence-corrected chi connectivity index (χ2v) is 11.4. The van der Waals surface area contributed by atoms with Gasteiger partial charge in [0.05, 0.1) is 26.7 Å². The van der Waals surface area contributed by atoms with Crippen LogP contribution in [-0.4, -0.2) is 41.0 Å². The van der Waals surface area contributed by atoms with Crippen LogP contribution in [0.2, 0.25) is 0 Å². The summed E-state index contributed by atoms with van der Waals surface area (Å²) in [5.41, 5.74) is 1.08. The molecule has 0 bridgehead atoms. The van der Waals surface area contributed by atoms with Gasteiger partial charge in [0.1, 0.15) is 0 Å². The van der Waals surface area contributed by atoms with E-state index in [0.717, 1.165) is 38.2 Å². The molecule has 4 rings (SSSR count). The molecule has 2 aromatic carbocycles. The van der Waals surface area contributed by atoms with E-state index in [0.29, 0.717) is 24.3 Å². The topological polar surface area (TPSA) is 147 Å². The SMILES string of the molecule is NS(=O)(=O)c1ccc(N2CCCCC2)c(NS(=O)(=O)c2cc(C(=O)O)ccc2C2CC2)c1. The fraction of sp³-hybridized carbons (Fsp3) is 0.381. The number of hydrogen-bond donors (Lipinski definition) is 3. The monoisotopic (exact) mass is 479 g/mol. The molecule has 0 amide bonds. The Hall–Kier alpha value is -2.63. The van der Waals surface area contributed by atoms with E-state index in [1.165, 1.54) is 18.2 Å². The van der Waals surface area contributed by atoms with Crippen molar-refractivity contribution < 1.29 is 26.7 Å². The van der Waals surface area contributed by atoms with Crippen LogP contribution < -0.4 is 14.8 Å². The highest BCUT2D eigenvalue weighted by molar-refractivity contribution is 7.92. The predicted octanol–water partition coefficient (Wildman–Crippen LogP) is 2.70. The summed E-state index contributed by atoms with van der Waals surface area (Å²) in [6, 6.07) is 8.23. The average Bonchev–Trinajstić information content (AvgIpc) is 3.58. The van der Waals surface area contributed by atoms with E-state index in [4.69, 9.17) is 5.14 Å². The molecule has 0 atom stereocenters. The molecule has 172 valence electrons. The fourth-order valence-corrected chi connectivity index (χ4v) is 5.95. The average molecular weight is 480 g/mol. The van der Waals surface area contributed by atoms with E-state index < -0.39 is 26.0 Å². The summed E-state index contributed by atoms with van der Waals surface area (Å²) in [7, 11) is -8.26. The molecule has 0 spiro atoms. The number of rotatable bonds is 7. The van der Waals surface area contributed by atoms with Gasteiger partial charge in [-0.05, 0) is 73.9 Å². The van der Waals surface area contributed by atoms with E-state index in [1.54, 1.807) is 12.1 Å². The van der Waals surface area contributed by atoms with Gasteiger partial charge in [0, 0.05) is 13.1 Å². The second kappa shape index (κ2) is 8.38. The molecule has 2 aliphatic rings. The minimum Gasteiger partial charge on any atom is -0.478 e. The third-order valence-electron chi connectivity index (χ3n) is 5.80. The third-order valence-corrected chi connectivity index (χ3v) is 8.14. The minimum absolute atomic E-state index is 0.0572. The van der Waals surface area contributed by atoms with Crippen LogP contribution in [0.1, 0.15) is 53.9 Å². The van der Waals surface area contributed by atoms with E-state index in [9.17, 15) is 26.7 Å². The molecule has 1 aliphatic heterocycles. The highest BCUT2D eigenvalue weighted by atomic mass is 32.2. The van der Waals surface area contributed by atoms with Crippen molar-refractivity contribution in [3.8, 4) is 0 Å². The number of carboxylic acid groups (broad SMARTS) is 1.